The van der Waals surface area contributed by atoms with Gasteiger partial charge in [0, 0.05) is 10.9 Å². The number of carboxylic acid groups (broad SMARTS) is 1. The fourth-order valence-corrected chi connectivity index (χ4v) is 1.56. The zero-order valence-electron chi connectivity index (χ0n) is 7.70. The summed E-state index contributed by atoms with van der Waals surface area (Å²) < 4.78 is 0.823. The van der Waals surface area contributed by atoms with Gasteiger partial charge in [0.25, 0.3) is 0 Å². The number of carbonyl (C=O) groups is 1. The lowest BCUT2D eigenvalue weighted by Gasteiger charge is -2.08. The van der Waals surface area contributed by atoms with E-state index in [4.69, 9.17) is 5.11 Å². The van der Waals surface area contributed by atoms with Crippen LogP contribution < -0.4 is 0 Å². The summed E-state index contributed by atoms with van der Waals surface area (Å²) in [6, 6.07) is 5.62. The van der Waals surface area contributed by atoms with E-state index in [1.54, 1.807) is 0 Å². The maximum atomic E-state index is 10.4. The van der Waals surface area contributed by atoms with Gasteiger partial charge in [0.2, 0.25) is 0 Å². The Bertz CT molecular complexity index is 349. The molecular weight excluding hydrogens is 248 g/mol. The number of hydrogen-bond acceptors (Lipinski definition) is 2. The molecule has 0 spiro atoms. The highest BCUT2D eigenvalue weighted by atomic mass is 79.9. The quantitative estimate of drug-likeness (QED) is 0.869. The number of rotatable bonds is 3. The van der Waals surface area contributed by atoms with Gasteiger partial charge in [0.15, 0.2) is 6.10 Å². The van der Waals surface area contributed by atoms with E-state index in [0.717, 1.165) is 15.6 Å². The van der Waals surface area contributed by atoms with Crippen LogP contribution in [0, 0.1) is 6.92 Å². The van der Waals surface area contributed by atoms with Crippen LogP contribution in [0.15, 0.2) is 22.7 Å². The van der Waals surface area contributed by atoms with Crippen LogP contribution in [0.4, 0.5) is 0 Å². The van der Waals surface area contributed by atoms with Gasteiger partial charge in [-0.05, 0) is 18.6 Å². The molecule has 0 aliphatic carbocycles. The Morgan fingerprint density at radius 3 is 2.79 bits per heavy atom. The van der Waals surface area contributed by atoms with Crippen molar-refractivity contribution in [2.75, 3.05) is 0 Å². The summed E-state index contributed by atoms with van der Waals surface area (Å²) in [6.45, 7) is 1.92. The van der Waals surface area contributed by atoms with Crippen LogP contribution in [-0.2, 0) is 11.2 Å². The number of carboxylic acids is 1. The van der Waals surface area contributed by atoms with Crippen LogP contribution in [0.2, 0.25) is 0 Å². The second kappa shape index (κ2) is 4.57. The molecule has 0 radical (unpaired) electrons. The molecule has 0 fully saturated rings. The van der Waals surface area contributed by atoms with Crippen molar-refractivity contribution in [1.82, 2.24) is 0 Å². The predicted octanol–water partition coefficient (Wildman–Crippen LogP) is 1.75. The van der Waals surface area contributed by atoms with E-state index in [9.17, 15) is 9.90 Å². The van der Waals surface area contributed by atoms with Crippen molar-refractivity contribution in [3.8, 4) is 0 Å². The van der Waals surface area contributed by atoms with Gasteiger partial charge in [0.1, 0.15) is 0 Å². The van der Waals surface area contributed by atoms with E-state index in [0.29, 0.717) is 0 Å². The third kappa shape index (κ3) is 2.82. The molecule has 0 aliphatic heterocycles. The van der Waals surface area contributed by atoms with Gasteiger partial charge < -0.3 is 10.2 Å². The summed E-state index contributed by atoms with van der Waals surface area (Å²) in [5.41, 5.74) is 1.85. The Morgan fingerprint density at radius 2 is 2.21 bits per heavy atom. The van der Waals surface area contributed by atoms with Gasteiger partial charge in [0.05, 0.1) is 0 Å². The van der Waals surface area contributed by atoms with Crippen molar-refractivity contribution in [2.45, 2.75) is 19.4 Å². The molecule has 0 saturated heterocycles. The minimum atomic E-state index is -1.34. The van der Waals surface area contributed by atoms with Gasteiger partial charge in [-0.2, -0.15) is 0 Å². The Balaban J connectivity index is 2.85. The van der Waals surface area contributed by atoms with E-state index in [-0.39, 0.29) is 6.42 Å². The van der Waals surface area contributed by atoms with Crippen molar-refractivity contribution < 1.29 is 15.0 Å². The molecule has 0 saturated carbocycles. The summed E-state index contributed by atoms with van der Waals surface area (Å²) in [7, 11) is 0. The maximum absolute atomic E-state index is 10.4. The third-order valence-electron chi connectivity index (χ3n) is 1.90. The van der Waals surface area contributed by atoms with E-state index < -0.39 is 12.1 Å². The lowest BCUT2D eigenvalue weighted by molar-refractivity contribution is -0.146. The standard InChI is InChI=1S/C10H11BrO3/c1-6-2-3-8(11)7(4-6)5-9(12)10(13)14/h2-4,9,12H,5H2,1H3,(H,13,14). The summed E-state index contributed by atoms with van der Waals surface area (Å²) in [5, 5.41) is 17.7. The Kier molecular flexibility index (Phi) is 3.66. The number of aliphatic hydroxyl groups excluding tert-OH is 1. The van der Waals surface area contributed by atoms with Gasteiger partial charge in [-0.25, -0.2) is 4.79 Å². The largest absolute Gasteiger partial charge is 0.479 e. The molecule has 1 atom stereocenters. The second-order valence-corrected chi connectivity index (χ2v) is 4.01. The molecule has 1 aromatic carbocycles. The van der Waals surface area contributed by atoms with Crippen LogP contribution in [-0.4, -0.2) is 22.3 Å². The molecule has 3 nitrogen and oxygen atoms in total. The number of benzene rings is 1. The molecule has 0 aliphatic rings. The monoisotopic (exact) mass is 258 g/mol. The molecule has 2 N–H and O–H groups in total. The van der Waals surface area contributed by atoms with Crippen molar-refractivity contribution in [1.29, 1.82) is 0 Å². The minimum Gasteiger partial charge on any atom is -0.479 e. The molecule has 0 amide bonds. The highest BCUT2D eigenvalue weighted by Gasteiger charge is 2.15. The molecular formula is C10H11BrO3. The number of aryl methyl sites for hydroxylation is 1. The van der Waals surface area contributed by atoms with Gasteiger partial charge >= 0.3 is 5.97 Å². The molecule has 76 valence electrons. The average molecular weight is 259 g/mol. The fraction of sp³-hybridized carbons (Fsp3) is 0.300. The maximum Gasteiger partial charge on any atom is 0.332 e. The molecule has 1 unspecified atom stereocenters. The summed E-state index contributed by atoms with van der Waals surface area (Å²) in [4.78, 5) is 10.4. The zero-order valence-corrected chi connectivity index (χ0v) is 9.28. The topological polar surface area (TPSA) is 57.5 Å². The molecule has 0 aromatic heterocycles. The molecule has 0 heterocycles. The summed E-state index contributed by atoms with van der Waals surface area (Å²) >= 11 is 3.30. The Hall–Kier alpha value is -0.870. The molecule has 4 heteroatoms. The molecule has 14 heavy (non-hydrogen) atoms. The van der Waals surface area contributed by atoms with Gasteiger partial charge in [-0.3, -0.25) is 0 Å². The highest BCUT2D eigenvalue weighted by Crippen LogP contribution is 2.19. The first kappa shape index (κ1) is 11.2. The molecule has 1 aromatic rings. The predicted molar refractivity (Wildman–Crippen MR) is 56.2 cm³/mol. The normalized spacial score (nSPS) is 12.5. The lowest BCUT2D eigenvalue weighted by atomic mass is 10.1. The van der Waals surface area contributed by atoms with Crippen molar-refractivity contribution in [2.24, 2.45) is 0 Å². The minimum absolute atomic E-state index is 0.123. The first-order valence-electron chi connectivity index (χ1n) is 4.16. The fourth-order valence-electron chi connectivity index (χ4n) is 1.16. The summed E-state index contributed by atoms with van der Waals surface area (Å²) in [5.74, 6) is -1.20. The van der Waals surface area contributed by atoms with Gasteiger partial charge in [-0.1, -0.05) is 33.6 Å². The highest BCUT2D eigenvalue weighted by molar-refractivity contribution is 9.10. The number of aliphatic hydroxyl groups is 1. The van der Waals surface area contributed by atoms with E-state index in [1.807, 2.05) is 25.1 Å². The van der Waals surface area contributed by atoms with Crippen molar-refractivity contribution in [3.05, 3.63) is 33.8 Å². The number of halogens is 1. The average Bonchev–Trinajstić information content (AvgIpc) is 2.11. The van der Waals surface area contributed by atoms with Crippen LogP contribution in [0.25, 0.3) is 0 Å². The van der Waals surface area contributed by atoms with Crippen LogP contribution in [0.1, 0.15) is 11.1 Å². The molecule has 0 bridgehead atoms. The summed E-state index contributed by atoms with van der Waals surface area (Å²) in [6.07, 6.45) is -1.22. The second-order valence-electron chi connectivity index (χ2n) is 3.15. The smallest absolute Gasteiger partial charge is 0.332 e. The first-order chi connectivity index (χ1) is 6.50. The first-order valence-corrected chi connectivity index (χ1v) is 4.96. The Morgan fingerprint density at radius 1 is 1.57 bits per heavy atom. The van der Waals surface area contributed by atoms with Crippen LogP contribution in [0.5, 0.6) is 0 Å². The van der Waals surface area contributed by atoms with Crippen molar-refractivity contribution in [3.63, 3.8) is 0 Å². The Labute approximate surface area is 90.5 Å². The van der Waals surface area contributed by atoms with Gasteiger partial charge in [-0.15, -0.1) is 0 Å². The molecule has 1 rings (SSSR count). The van der Waals surface area contributed by atoms with E-state index >= 15 is 0 Å². The van der Waals surface area contributed by atoms with Crippen LogP contribution >= 0.6 is 15.9 Å². The lowest BCUT2D eigenvalue weighted by Crippen LogP contribution is -2.22. The van der Waals surface area contributed by atoms with E-state index in [2.05, 4.69) is 15.9 Å². The SMILES string of the molecule is Cc1ccc(Br)c(CC(O)C(=O)O)c1. The third-order valence-corrected chi connectivity index (χ3v) is 2.67. The van der Waals surface area contributed by atoms with E-state index in [1.165, 1.54) is 0 Å². The number of hydrogen-bond donors (Lipinski definition) is 2. The van der Waals surface area contributed by atoms with Crippen molar-refractivity contribution >= 4 is 21.9 Å². The van der Waals surface area contributed by atoms with Crippen LogP contribution in [0.3, 0.4) is 0 Å². The zero-order chi connectivity index (χ0) is 10.7. The number of aliphatic carboxylic acids is 1.